The van der Waals surface area contributed by atoms with Gasteiger partial charge >= 0.3 is 0 Å². The molecule has 4 nitrogen and oxygen atoms in total. The second-order valence-electron chi connectivity index (χ2n) is 5.29. The molecule has 0 amide bonds. The number of anilines is 1. The first kappa shape index (κ1) is 15.6. The Hall–Kier alpha value is -1.81. The van der Waals surface area contributed by atoms with Crippen LogP contribution in [0.3, 0.4) is 0 Å². The molecule has 0 aliphatic rings. The summed E-state index contributed by atoms with van der Waals surface area (Å²) >= 11 is 0. The van der Waals surface area contributed by atoms with E-state index in [1.807, 2.05) is 24.4 Å². The molecule has 1 atom stereocenters. The molecule has 0 aliphatic carbocycles. The first-order valence-electron chi connectivity index (χ1n) is 7.64. The zero-order valence-corrected chi connectivity index (χ0v) is 13.1. The highest BCUT2D eigenvalue weighted by molar-refractivity contribution is 5.91. The maximum absolute atomic E-state index is 5.38. The number of nitrogens with one attached hydrogen (secondary N) is 2. The fourth-order valence-electron chi connectivity index (χ4n) is 2.44. The average Bonchev–Trinajstić information content (AvgIpc) is 2.51. The van der Waals surface area contributed by atoms with E-state index in [1.54, 1.807) is 7.11 Å². The molecule has 0 bridgehead atoms. The van der Waals surface area contributed by atoms with E-state index in [2.05, 4.69) is 35.5 Å². The summed E-state index contributed by atoms with van der Waals surface area (Å²) in [6, 6.07) is 8.46. The second kappa shape index (κ2) is 7.84. The van der Waals surface area contributed by atoms with E-state index in [4.69, 9.17) is 4.74 Å². The Morgan fingerprint density at radius 1 is 1.33 bits per heavy atom. The van der Waals surface area contributed by atoms with Gasteiger partial charge in [-0.05, 0) is 45.0 Å². The number of nitrogens with zero attached hydrogens (tertiary/aromatic N) is 1. The van der Waals surface area contributed by atoms with E-state index in [0.29, 0.717) is 6.04 Å². The first-order valence-corrected chi connectivity index (χ1v) is 7.64. The smallest absolute Gasteiger partial charge is 0.121 e. The highest BCUT2D eigenvalue weighted by Gasteiger charge is 2.08. The van der Waals surface area contributed by atoms with Gasteiger partial charge in [0.05, 0.1) is 18.3 Å². The van der Waals surface area contributed by atoms with Crippen LogP contribution in [-0.4, -0.2) is 31.2 Å². The van der Waals surface area contributed by atoms with Crippen molar-refractivity contribution in [1.29, 1.82) is 0 Å². The molecule has 0 fully saturated rings. The molecule has 0 radical (unpaired) electrons. The quantitative estimate of drug-likeness (QED) is 0.730. The van der Waals surface area contributed by atoms with Crippen LogP contribution in [-0.2, 0) is 0 Å². The molecule has 2 N–H and O–H groups in total. The summed E-state index contributed by atoms with van der Waals surface area (Å²) < 4.78 is 5.38. The predicted octanol–water partition coefficient (Wildman–Crippen LogP) is 3.43. The number of hydrogen-bond acceptors (Lipinski definition) is 4. The molecule has 0 saturated heterocycles. The van der Waals surface area contributed by atoms with Crippen LogP contribution < -0.4 is 15.4 Å². The highest BCUT2D eigenvalue weighted by Crippen LogP contribution is 2.28. The molecule has 0 unspecified atom stereocenters. The summed E-state index contributed by atoms with van der Waals surface area (Å²) in [6.07, 6.45) is 4.12. The van der Waals surface area contributed by atoms with Crippen molar-refractivity contribution in [1.82, 2.24) is 10.3 Å². The average molecular weight is 287 g/mol. The summed E-state index contributed by atoms with van der Waals surface area (Å²) in [5.41, 5.74) is 2.04. The summed E-state index contributed by atoms with van der Waals surface area (Å²) in [5.74, 6) is 0.859. The minimum atomic E-state index is 0.404. The molecule has 1 aromatic carbocycles. The standard InChI is InChI=1S/C17H25N3O/c1-4-18-9-5-7-13(2)20-16-12-15(21-3)11-14-8-6-10-19-17(14)16/h6,8,10-13,18,20H,4-5,7,9H2,1-3H3/t13-/m0/s1. The van der Waals surface area contributed by atoms with Gasteiger partial charge in [0.1, 0.15) is 5.75 Å². The molecule has 1 heterocycles. The monoisotopic (exact) mass is 287 g/mol. The van der Waals surface area contributed by atoms with Gasteiger partial charge in [-0.3, -0.25) is 4.98 Å². The predicted molar refractivity (Wildman–Crippen MR) is 89.2 cm³/mol. The fourth-order valence-corrected chi connectivity index (χ4v) is 2.44. The Kier molecular flexibility index (Phi) is 5.81. The Labute approximate surface area is 126 Å². The highest BCUT2D eigenvalue weighted by atomic mass is 16.5. The lowest BCUT2D eigenvalue weighted by atomic mass is 10.1. The summed E-state index contributed by atoms with van der Waals surface area (Å²) in [4.78, 5) is 4.49. The third-order valence-electron chi connectivity index (χ3n) is 3.56. The molecule has 1 aromatic heterocycles. The molecular weight excluding hydrogens is 262 g/mol. The molecule has 2 aromatic rings. The van der Waals surface area contributed by atoms with Gasteiger partial charge in [-0.1, -0.05) is 13.0 Å². The number of rotatable bonds is 8. The maximum Gasteiger partial charge on any atom is 0.121 e. The zero-order valence-electron chi connectivity index (χ0n) is 13.1. The van der Waals surface area contributed by atoms with Crippen molar-refractivity contribution in [2.45, 2.75) is 32.7 Å². The van der Waals surface area contributed by atoms with Crippen LogP contribution >= 0.6 is 0 Å². The van der Waals surface area contributed by atoms with E-state index >= 15 is 0 Å². The van der Waals surface area contributed by atoms with E-state index in [0.717, 1.165) is 48.3 Å². The second-order valence-corrected chi connectivity index (χ2v) is 5.29. The van der Waals surface area contributed by atoms with Crippen molar-refractivity contribution in [3.05, 3.63) is 30.5 Å². The third-order valence-corrected chi connectivity index (χ3v) is 3.56. The molecule has 0 spiro atoms. The van der Waals surface area contributed by atoms with E-state index < -0.39 is 0 Å². The number of methoxy groups -OCH3 is 1. The van der Waals surface area contributed by atoms with Gasteiger partial charge < -0.3 is 15.4 Å². The van der Waals surface area contributed by atoms with Gasteiger partial charge in [0, 0.05) is 23.7 Å². The van der Waals surface area contributed by atoms with Gasteiger partial charge in [-0.2, -0.15) is 0 Å². The molecular formula is C17H25N3O. The van der Waals surface area contributed by atoms with Crippen molar-refractivity contribution in [2.75, 3.05) is 25.5 Å². The number of pyridine rings is 1. The van der Waals surface area contributed by atoms with Crippen LogP contribution in [0.4, 0.5) is 5.69 Å². The van der Waals surface area contributed by atoms with Crippen LogP contribution in [0, 0.1) is 0 Å². The lowest BCUT2D eigenvalue weighted by Gasteiger charge is -2.17. The van der Waals surface area contributed by atoms with Crippen molar-refractivity contribution in [3.63, 3.8) is 0 Å². The number of ether oxygens (including phenoxy) is 1. The van der Waals surface area contributed by atoms with Crippen LogP contribution in [0.5, 0.6) is 5.75 Å². The minimum absolute atomic E-state index is 0.404. The van der Waals surface area contributed by atoms with Crippen LogP contribution in [0.15, 0.2) is 30.5 Å². The van der Waals surface area contributed by atoms with Gasteiger partial charge in [-0.25, -0.2) is 0 Å². The maximum atomic E-state index is 5.38. The third kappa shape index (κ3) is 4.33. The van der Waals surface area contributed by atoms with Gasteiger partial charge in [0.2, 0.25) is 0 Å². The molecule has 4 heteroatoms. The molecule has 114 valence electrons. The Morgan fingerprint density at radius 2 is 2.19 bits per heavy atom. The normalized spacial score (nSPS) is 12.3. The van der Waals surface area contributed by atoms with E-state index in [-0.39, 0.29) is 0 Å². The lowest BCUT2D eigenvalue weighted by Crippen LogP contribution is -2.20. The van der Waals surface area contributed by atoms with Crippen LogP contribution in [0.1, 0.15) is 26.7 Å². The van der Waals surface area contributed by atoms with Gasteiger partial charge in [0.25, 0.3) is 0 Å². The van der Waals surface area contributed by atoms with Gasteiger partial charge in [-0.15, -0.1) is 0 Å². The summed E-state index contributed by atoms with van der Waals surface area (Å²) in [7, 11) is 1.70. The Bertz CT molecular complexity index is 571. The summed E-state index contributed by atoms with van der Waals surface area (Å²) in [6.45, 7) is 6.45. The zero-order chi connectivity index (χ0) is 15.1. The first-order chi connectivity index (χ1) is 10.2. The van der Waals surface area contributed by atoms with Gasteiger partial charge in [0.15, 0.2) is 0 Å². The van der Waals surface area contributed by atoms with E-state index in [9.17, 15) is 0 Å². The molecule has 0 aliphatic heterocycles. The fraction of sp³-hybridized carbons (Fsp3) is 0.471. The molecule has 2 rings (SSSR count). The number of aromatic nitrogens is 1. The summed E-state index contributed by atoms with van der Waals surface area (Å²) in [5, 5.41) is 8.02. The molecule has 21 heavy (non-hydrogen) atoms. The van der Waals surface area contributed by atoms with Crippen LogP contribution in [0.2, 0.25) is 0 Å². The number of hydrogen-bond donors (Lipinski definition) is 2. The minimum Gasteiger partial charge on any atom is -0.497 e. The van der Waals surface area contributed by atoms with Crippen molar-refractivity contribution in [2.24, 2.45) is 0 Å². The Morgan fingerprint density at radius 3 is 2.95 bits per heavy atom. The van der Waals surface area contributed by atoms with Crippen molar-refractivity contribution >= 4 is 16.6 Å². The Balaban J connectivity index is 2.09. The SMILES string of the molecule is CCNCCC[C@H](C)Nc1cc(OC)cc2cccnc12. The van der Waals surface area contributed by atoms with Crippen molar-refractivity contribution < 1.29 is 4.74 Å². The topological polar surface area (TPSA) is 46.2 Å². The lowest BCUT2D eigenvalue weighted by molar-refractivity contribution is 0.415. The van der Waals surface area contributed by atoms with Crippen LogP contribution in [0.25, 0.3) is 10.9 Å². The van der Waals surface area contributed by atoms with Crippen molar-refractivity contribution in [3.8, 4) is 5.75 Å². The van der Waals surface area contributed by atoms with E-state index in [1.165, 1.54) is 0 Å². The molecule has 0 saturated carbocycles. The number of benzene rings is 1. The largest absolute Gasteiger partial charge is 0.497 e. The number of fused-ring (bicyclic) bond motifs is 1.